The van der Waals surface area contributed by atoms with E-state index in [2.05, 4.69) is 15.9 Å². The van der Waals surface area contributed by atoms with Crippen molar-refractivity contribution >= 4 is 33.6 Å². The molecule has 120 valence electrons. The summed E-state index contributed by atoms with van der Waals surface area (Å²) in [4.78, 5) is 13.9. The molecule has 1 fully saturated rings. The second kappa shape index (κ2) is 7.36. The van der Waals surface area contributed by atoms with Gasteiger partial charge in [0, 0.05) is 0 Å². The van der Waals surface area contributed by atoms with E-state index < -0.39 is 0 Å². The molecule has 2 aromatic rings. The van der Waals surface area contributed by atoms with Crippen LogP contribution in [0.1, 0.15) is 10.9 Å². The number of carbonyl (C=O) groups is 1. The van der Waals surface area contributed by atoms with E-state index in [9.17, 15) is 9.18 Å². The summed E-state index contributed by atoms with van der Waals surface area (Å²) in [6.45, 7) is 0.926. The molecule has 0 radical (unpaired) electrons. The highest BCUT2D eigenvalue weighted by atomic mass is 79.9. The average Bonchev–Trinajstić information content (AvgIpc) is 2.92. The molecule has 0 bridgehead atoms. The molecule has 2 aromatic carbocycles. The Bertz CT molecular complexity index is 698. The number of para-hydroxylation sites is 1. The zero-order chi connectivity index (χ0) is 16.2. The van der Waals surface area contributed by atoms with Crippen LogP contribution >= 0.6 is 27.7 Å². The molecule has 1 aliphatic rings. The third-order valence-corrected chi connectivity index (χ3v) is 5.40. The Morgan fingerprint density at radius 2 is 2.04 bits per heavy atom. The Morgan fingerprint density at radius 1 is 1.26 bits per heavy atom. The van der Waals surface area contributed by atoms with E-state index in [0.29, 0.717) is 23.4 Å². The maximum Gasteiger partial charge on any atom is 0.233 e. The monoisotopic (exact) mass is 395 g/mol. The van der Waals surface area contributed by atoms with Crippen LogP contribution in [0, 0.1) is 5.82 Å². The van der Waals surface area contributed by atoms with Crippen molar-refractivity contribution < 1.29 is 13.9 Å². The number of nitrogens with zero attached hydrogens (tertiary/aromatic N) is 1. The smallest absolute Gasteiger partial charge is 0.233 e. The number of halogens is 2. The maximum atomic E-state index is 13.4. The van der Waals surface area contributed by atoms with Crippen LogP contribution in [0.2, 0.25) is 0 Å². The van der Waals surface area contributed by atoms with E-state index in [1.807, 2.05) is 30.3 Å². The molecule has 1 aliphatic heterocycles. The number of thioether (sulfide) groups is 1. The minimum Gasteiger partial charge on any atom is -0.492 e. The van der Waals surface area contributed by atoms with Crippen molar-refractivity contribution in [3.8, 4) is 5.75 Å². The summed E-state index contributed by atoms with van der Waals surface area (Å²) < 4.78 is 19.5. The summed E-state index contributed by atoms with van der Waals surface area (Å²) in [7, 11) is 0. The van der Waals surface area contributed by atoms with Gasteiger partial charge in [-0.3, -0.25) is 4.79 Å². The fourth-order valence-electron chi connectivity index (χ4n) is 2.42. The Kier molecular flexibility index (Phi) is 5.23. The molecule has 0 aliphatic carbocycles. The standard InChI is InChI=1S/C17H15BrFNO2S/c18-14-10-12(6-7-15(14)19)17-20(16(21)11-23-17)8-9-22-13-4-2-1-3-5-13/h1-7,10,17H,8-9,11H2. The van der Waals surface area contributed by atoms with E-state index in [1.54, 1.807) is 28.8 Å². The van der Waals surface area contributed by atoms with Gasteiger partial charge in [0.1, 0.15) is 23.5 Å². The summed E-state index contributed by atoms with van der Waals surface area (Å²) >= 11 is 4.75. The van der Waals surface area contributed by atoms with Crippen LogP contribution in [0.5, 0.6) is 5.75 Å². The Balaban J connectivity index is 1.66. The molecule has 1 heterocycles. The number of amides is 1. The van der Waals surface area contributed by atoms with E-state index in [-0.39, 0.29) is 17.1 Å². The summed E-state index contributed by atoms with van der Waals surface area (Å²) in [5.41, 5.74) is 0.911. The lowest BCUT2D eigenvalue weighted by atomic mass is 10.2. The molecule has 1 unspecified atom stereocenters. The molecule has 1 atom stereocenters. The lowest BCUT2D eigenvalue weighted by Crippen LogP contribution is -2.32. The Labute approximate surface area is 146 Å². The van der Waals surface area contributed by atoms with Crippen LogP contribution in [-0.4, -0.2) is 29.7 Å². The van der Waals surface area contributed by atoms with Gasteiger partial charge in [0.25, 0.3) is 0 Å². The molecule has 0 aromatic heterocycles. The van der Waals surface area contributed by atoms with Crippen molar-refractivity contribution in [3.05, 3.63) is 64.4 Å². The molecule has 1 saturated heterocycles. The van der Waals surface area contributed by atoms with Crippen molar-refractivity contribution in [2.45, 2.75) is 5.37 Å². The lowest BCUT2D eigenvalue weighted by molar-refractivity contribution is -0.128. The van der Waals surface area contributed by atoms with E-state index in [4.69, 9.17) is 4.74 Å². The number of ether oxygens (including phenoxy) is 1. The van der Waals surface area contributed by atoms with Crippen LogP contribution in [0.15, 0.2) is 53.0 Å². The highest BCUT2D eigenvalue weighted by Gasteiger charge is 2.32. The minimum absolute atomic E-state index is 0.0807. The fourth-order valence-corrected chi connectivity index (χ4v) is 4.02. The highest BCUT2D eigenvalue weighted by Crippen LogP contribution is 2.39. The molecule has 3 nitrogen and oxygen atoms in total. The third-order valence-electron chi connectivity index (χ3n) is 3.54. The summed E-state index contributed by atoms with van der Waals surface area (Å²) in [5, 5.41) is -0.0984. The van der Waals surface area contributed by atoms with Crippen LogP contribution in [0.3, 0.4) is 0 Å². The Hall–Kier alpha value is -1.53. The molecule has 6 heteroatoms. The van der Waals surface area contributed by atoms with Crippen molar-refractivity contribution in [1.29, 1.82) is 0 Å². The first-order valence-electron chi connectivity index (χ1n) is 7.19. The SMILES string of the molecule is O=C1CSC(c2ccc(F)c(Br)c2)N1CCOc1ccccc1. The van der Waals surface area contributed by atoms with Gasteiger partial charge in [-0.2, -0.15) is 0 Å². The number of carbonyl (C=O) groups excluding carboxylic acids is 1. The zero-order valence-corrected chi connectivity index (χ0v) is 14.6. The maximum absolute atomic E-state index is 13.4. The van der Waals surface area contributed by atoms with Crippen LogP contribution in [0.4, 0.5) is 4.39 Å². The molecule has 3 rings (SSSR count). The summed E-state index contributed by atoms with van der Waals surface area (Å²) in [5.74, 6) is 0.998. The van der Waals surface area contributed by atoms with Crippen molar-refractivity contribution in [3.63, 3.8) is 0 Å². The predicted molar refractivity (Wildman–Crippen MR) is 92.9 cm³/mol. The van der Waals surface area contributed by atoms with E-state index in [1.165, 1.54) is 6.07 Å². The second-order valence-corrected chi connectivity index (χ2v) is 7.01. The number of benzene rings is 2. The topological polar surface area (TPSA) is 29.5 Å². The van der Waals surface area contributed by atoms with Crippen molar-refractivity contribution in [2.75, 3.05) is 18.9 Å². The van der Waals surface area contributed by atoms with Gasteiger partial charge in [0.15, 0.2) is 0 Å². The van der Waals surface area contributed by atoms with Crippen LogP contribution in [-0.2, 0) is 4.79 Å². The van der Waals surface area contributed by atoms with Crippen LogP contribution in [0.25, 0.3) is 0 Å². The molecular formula is C17H15BrFNO2S. The summed E-state index contributed by atoms with van der Waals surface area (Å²) in [6.07, 6.45) is 0. The quantitative estimate of drug-likeness (QED) is 0.757. The third kappa shape index (κ3) is 3.87. The average molecular weight is 396 g/mol. The Morgan fingerprint density at radius 3 is 2.78 bits per heavy atom. The zero-order valence-electron chi connectivity index (χ0n) is 12.2. The molecule has 1 amide bonds. The van der Waals surface area contributed by atoms with Gasteiger partial charge in [-0.25, -0.2) is 4.39 Å². The van der Waals surface area contributed by atoms with Gasteiger partial charge in [0.05, 0.1) is 16.8 Å². The number of hydrogen-bond donors (Lipinski definition) is 0. The van der Waals surface area contributed by atoms with E-state index in [0.717, 1.165) is 11.3 Å². The molecule has 23 heavy (non-hydrogen) atoms. The van der Waals surface area contributed by atoms with Gasteiger partial charge in [-0.1, -0.05) is 24.3 Å². The van der Waals surface area contributed by atoms with Gasteiger partial charge in [-0.05, 0) is 45.8 Å². The van der Waals surface area contributed by atoms with Crippen molar-refractivity contribution in [1.82, 2.24) is 4.90 Å². The van der Waals surface area contributed by atoms with Crippen molar-refractivity contribution in [2.24, 2.45) is 0 Å². The lowest BCUT2D eigenvalue weighted by Gasteiger charge is -2.24. The van der Waals surface area contributed by atoms with Gasteiger partial charge in [-0.15, -0.1) is 11.8 Å². The van der Waals surface area contributed by atoms with Gasteiger partial charge >= 0.3 is 0 Å². The predicted octanol–water partition coefficient (Wildman–Crippen LogP) is 4.24. The molecular weight excluding hydrogens is 381 g/mol. The normalized spacial score (nSPS) is 17.6. The molecule has 0 N–H and O–H groups in total. The van der Waals surface area contributed by atoms with E-state index >= 15 is 0 Å². The first-order valence-corrected chi connectivity index (χ1v) is 9.03. The van der Waals surface area contributed by atoms with Gasteiger partial charge in [0.2, 0.25) is 5.91 Å². The first-order chi connectivity index (χ1) is 11.1. The first kappa shape index (κ1) is 16.3. The van der Waals surface area contributed by atoms with Gasteiger partial charge < -0.3 is 9.64 Å². The largest absolute Gasteiger partial charge is 0.492 e. The summed E-state index contributed by atoms with van der Waals surface area (Å²) in [6, 6.07) is 14.4. The molecule has 0 spiro atoms. The highest BCUT2D eigenvalue weighted by molar-refractivity contribution is 9.10. The number of rotatable bonds is 5. The number of hydrogen-bond acceptors (Lipinski definition) is 3. The van der Waals surface area contributed by atoms with Crippen LogP contribution < -0.4 is 4.74 Å². The minimum atomic E-state index is -0.304. The fraction of sp³-hybridized carbons (Fsp3) is 0.235. The second-order valence-electron chi connectivity index (χ2n) is 5.09. The molecule has 0 saturated carbocycles.